The van der Waals surface area contributed by atoms with Crippen LogP contribution in [-0.4, -0.2) is 54.9 Å². The van der Waals surface area contributed by atoms with E-state index in [1.807, 2.05) is 18.2 Å². The highest BCUT2D eigenvalue weighted by Crippen LogP contribution is 2.46. The fourth-order valence-corrected chi connectivity index (χ4v) is 7.65. The first-order valence-electron chi connectivity index (χ1n) is 16.0. The zero-order valence-electron chi connectivity index (χ0n) is 28.3. The number of nitrogens with zero attached hydrogens (tertiary/aromatic N) is 3. The second-order valence-electron chi connectivity index (χ2n) is 12.0. The van der Waals surface area contributed by atoms with Gasteiger partial charge >= 0.3 is 5.91 Å². The second kappa shape index (κ2) is 15.2. The maximum atomic E-state index is 13.9. The number of benzene rings is 4. The van der Waals surface area contributed by atoms with Crippen LogP contribution in [0.15, 0.2) is 88.8 Å². The van der Waals surface area contributed by atoms with Gasteiger partial charge in [0.2, 0.25) is 5.13 Å². The number of ether oxygens (including phenoxy) is 4. The van der Waals surface area contributed by atoms with Crippen molar-refractivity contribution in [1.82, 2.24) is 10.2 Å². The Morgan fingerprint density at radius 3 is 2.36 bits per heavy atom. The highest BCUT2D eigenvalue weighted by atomic mass is 32.2. The third-order valence-corrected chi connectivity index (χ3v) is 10.5. The molecule has 6 rings (SSSR count). The number of Topliss-reactive ketones (excluding diaryl/α,β-unsaturated/α-hetero) is 1. The predicted octanol–water partition coefficient (Wildman–Crippen LogP) is 8.06. The van der Waals surface area contributed by atoms with E-state index in [1.165, 1.54) is 49.3 Å². The van der Waals surface area contributed by atoms with E-state index in [0.29, 0.717) is 51.2 Å². The molecule has 1 atom stereocenters. The number of anilines is 1. The number of carbonyl (C=O) groups excluding carboxylic acids is 2. The number of ketones is 1. The van der Waals surface area contributed by atoms with Crippen LogP contribution in [-0.2, 0) is 15.3 Å². The molecule has 12 heteroatoms. The minimum Gasteiger partial charge on any atom is -0.507 e. The molecule has 2 heterocycles. The molecule has 1 unspecified atom stereocenters. The fourth-order valence-electron chi connectivity index (χ4n) is 5.78. The molecule has 1 aromatic heterocycles. The summed E-state index contributed by atoms with van der Waals surface area (Å²) in [7, 11) is 4.51. The number of rotatable bonds is 13. The predicted molar refractivity (Wildman–Crippen MR) is 196 cm³/mol. The minimum absolute atomic E-state index is 0.113. The van der Waals surface area contributed by atoms with E-state index in [-0.39, 0.29) is 22.0 Å². The molecule has 1 saturated heterocycles. The van der Waals surface area contributed by atoms with Gasteiger partial charge in [-0.25, -0.2) is 0 Å². The molecule has 1 N–H and O–H groups in total. The van der Waals surface area contributed by atoms with Gasteiger partial charge in [0.15, 0.2) is 27.3 Å². The summed E-state index contributed by atoms with van der Waals surface area (Å²) in [5, 5.41) is 23.0. The number of hydrogen-bond acceptors (Lipinski definition) is 11. The first-order valence-corrected chi connectivity index (χ1v) is 17.8. The van der Waals surface area contributed by atoms with Crippen molar-refractivity contribution in [2.24, 2.45) is 5.92 Å². The van der Waals surface area contributed by atoms with Crippen molar-refractivity contribution >= 4 is 56.5 Å². The lowest BCUT2D eigenvalue weighted by molar-refractivity contribution is -0.132. The van der Waals surface area contributed by atoms with Crippen molar-refractivity contribution in [3.63, 3.8) is 0 Å². The molecular formula is C38H37N3O7S2. The Hall–Kier alpha value is -5.07. The number of aliphatic hydroxyl groups excluding tert-OH is 1. The van der Waals surface area contributed by atoms with Gasteiger partial charge in [0.05, 0.1) is 39.6 Å². The third-order valence-electron chi connectivity index (χ3n) is 8.39. The highest BCUT2D eigenvalue weighted by Gasteiger charge is 2.48. The Morgan fingerprint density at radius 2 is 1.60 bits per heavy atom. The van der Waals surface area contributed by atoms with Crippen LogP contribution in [0, 0.1) is 5.92 Å². The van der Waals surface area contributed by atoms with E-state index in [4.69, 9.17) is 18.9 Å². The minimum atomic E-state index is -1.05. The number of thioether (sulfide) groups is 1. The van der Waals surface area contributed by atoms with E-state index in [1.54, 1.807) is 36.4 Å². The van der Waals surface area contributed by atoms with Crippen molar-refractivity contribution in [3.05, 3.63) is 101 Å². The summed E-state index contributed by atoms with van der Waals surface area (Å²) in [6.07, 6.45) is 0.855. The summed E-state index contributed by atoms with van der Waals surface area (Å²) in [4.78, 5) is 29.0. The zero-order valence-corrected chi connectivity index (χ0v) is 30.0. The van der Waals surface area contributed by atoms with Crippen molar-refractivity contribution in [3.8, 4) is 23.0 Å². The first kappa shape index (κ1) is 34.8. The molecule has 1 fully saturated rings. The van der Waals surface area contributed by atoms with Gasteiger partial charge in [-0.15, -0.1) is 10.2 Å². The van der Waals surface area contributed by atoms with Gasteiger partial charge in [0.25, 0.3) is 5.78 Å². The Bertz CT molecular complexity index is 2070. The van der Waals surface area contributed by atoms with Gasteiger partial charge < -0.3 is 24.1 Å². The number of amides is 1. The topological polar surface area (TPSA) is 120 Å². The number of aliphatic hydroxyl groups is 1. The lowest BCUT2D eigenvalue weighted by Gasteiger charge is -2.23. The van der Waals surface area contributed by atoms with Crippen LogP contribution in [0.3, 0.4) is 0 Å². The molecule has 1 amide bonds. The largest absolute Gasteiger partial charge is 0.507 e. The number of hydrogen-bond donors (Lipinski definition) is 1. The van der Waals surface area contributed by atoms with Crippen LogP contribution in [0.1, 0.15) is 43.0 Å². The molecule has 1 aliphatic rings. The molecule has 0 bridgehead atoms. The lowest BCUT2D eigenvalue weighted by atomic mass is 9.95. The molecule has 258 valence electrons. The van der Waals surface area contributed by atoms with Crippen molar-refractivity contribution in [1.29, 1.82) is 0 Å². The Balaban J connectivity index is 1.40. The average molecular weight is 712 g/mol. The van der Waals surface area contributed by atoms with Gasteiger partial charge in [-0.3, -0.25) is 14.5 Å². The molecular weight excluding hydrogens is 675 g/mol. The quantitative estimate of drug-likeness (QED) is 0.0422. The molecule has 1 aliphatic heterocycles. The van der Waals surface area contributed by atoms with Gasteiger partial charge in [-0.2, -0.15) is 0 Å². The molecule has 5 aromatic rings. The van der Waals surface area contributed by atoms with Crippen molar-refractivity contribution in [2.75, 3.05) is 32.8 Å². The molecule has 0 aliphatic carbocycles. The summed E-state index contributed by atoms with van der Waals surface area (Å²) in [5.41, 5.74) is 1.82. The third kappa shape index (κ3) is 6.99. The van der Waals surface area contributed by atoms with E-state index in [0.717, 1.165) is 22.8 Å². The molecule has 10 nitrogen and oxygen atoms in total. The van der Waals surface area contributed by atoms with E-state index < -0.39 is 17.7 Å². The Labute approximate surface area is 298 Å². The first-order chi connectivity index (χ1) is 24.2. The Kier molecular flexibility index (Phi) is 10.6. The SMILES string of the molecule is COc1ccc(/C(O)=C2\C(=O)C(=O)N(c3nnc(SCc4cccc5ccccc45)s3)C2c2ccc(OCCC(C)C)c(OC)c2)cc1OC. The van der Waals surface area contributed by atoms with Gasteiger partial charge in [-0.1, -0.05) is 85.5 Å². The summed E-state index contributed by atoms with van der Waals surface area (Å²) < 4.78 is 23.1. The molecule has 50 heavy (non-hydrogen) atoms. The van der Waals surface area contributed by atoms with Gasteiger partial charge in [0.1, 0.15) is 5.76 Å². The normalized spacial score (nSPS) is 15.6. The van der Waals surface area contributed by atoms with Gasteiger partial charge in [-0.05, 0) is 64.6 Å². The highest BCUT2D eigenvalue weighted by molar-refractivity contribution is 8.00. The molecule has 0 radical (unpaired) electrons. The van der Waals surface area contributed by atoms with Crippen LogP contribution in [0.25, 0.3) is 16.5 Å². The number of fused-ring (bicyclic) bond motifs is 1. The zero-order chi connectivity index (χ0) is 35.4. The number of carbonyl (C=O) groups is 2. The van der Waals surface area contributed by atoms with Crippen LogP contribution < -0.4 is 23.8 Å². The maximum absolute atomic E-state index is 13.9. The van der Waals surface area contributed by atoms with Crippen LogP contribution in [0.2, 0.25) is 0 Å². The van der Waals surface area contributed by atoms with Crippen LogP contribution in [0.4, 0.5) is 5.13 Å². The number of aromatic nitrogens is 2. The van der Waals surface area contributed by atoms with Crippen molar-refractivity contribution in [2.45, 2.75) is 36.4 Å². The summed E-state index contributed by atoms with van der Waals surface area (Å²) in [6, 6.07) is 23.3. The monoisotopic (exact) mass is 711 g/mol. The van der Waals surface area contributed by atoms with Crippen molar-refractivity contribution < 1.29 is 33.6 Å². The smallest absolute Gasteiger partial charge is 0.301 e. The number of methoxy groups -OCH3 is 3. The molecule has 4 aromatic carbocycles. The van der Waals surface area contributed by atoms with Gasteiger partial charge in [0, 0.05) is 11.3 Å². The van der Waals surface area contributed by atoms with Crippen LogP contribution in [0.5, 0.6) is 23.0 Å². The van der Waals surface area contributed by atoms with Crippen LogP contribution >= 0.6 is 23.1 Å². The maximum Gasteiger partial charge on any atom is 0.301 e. The summed E-state index contributed by atoms with van der Waals surface area (Å²) in [5.74, 6) is 0.760. The molecule has 0 spiro atoms. The summed E-state index contributed by atoms with van der Waals surface area (Å²) >= 11 is 2.70. The molecule has 0 saturated carbocycles. The van der Waals surface area contributed by atoms with E-state index >= 15 is 0 Å². The second-order valence-corrected chi connectivity index (χ2v) is 14.1. The average Bonchev–Trinajstić information content (AvgIpc) is 3.71. The lowest BCUT2D eigenvalue weighted by Crippen LogP contribution is -2.29. The summed E-state index contributed by atoms with van der Waals surface area (Å²) in [6.45, 7) is 4.73. The van der Waals surface area contributed by atoms with E-state index in [9.17, 15) is 14.7 Å². The Morgan fingerprint density at radius 1 is 0.880 bits per heavy atom. The van der Waals surface area contributed by atoms with E-state index in [2.05, 4.69) is 48.3 Å². The standard InChI is InChI=1S/C38H37N3O7S2/c1-22(2)17-18-48-29-16-13-24(19-31(29)47-5)33-32(34(42)25-14-15-28(45-3)30(20-25)46-4)35(43)36(44)41(33)37-39-40-38(50-37)49-21-26-11-8-10-23-9-6-7-12-27(23)26/h6-16,19-20,22,33,42H,17-18,21H2,1-5H3/b34-32+. The fraction of sp³-hybridized carbons (Fsp3) is 0.263.